The maximum Gasteiger partial charge on any atom is 0.416 e. The molecule has 24 heavy (non-hydrogen) atoms. The Kier molecular flexibility index (Phi) is 4.63. The van der Waals surface area contributed by atoms with Gasteiger partial charge in [-0.3, -0.25) is 4.79 Å². The van der Waals surface area contributed by atoms with Gasteiger partial charge >= 0.3 is 6.18 Å². The van der Waals surface area contributed by atoms with Crippen molar-refractivity contribution in [3.8, 4) is 10.6 Å². The number of rotatable bonds is 4. The normalized spacial score (nSPS) is 11.5. The largest absolute Gasteiger partial charge is 0.416 e. The first-order valence-corrected chi connectivity index (χ1v) is 8.45. The number of hydrogen-bond acceptors (Lipinski definition) is 5. The van der Waals surface area contributed by atoms with Gasteiger partial charge in [0.2, 0.25) is 5.01 Å². The summed E-state index contributed by atoms with van der Waals surface area (Å²) in [7, 11) is 0. The highest BCUT2D eigenvalue weighted by atomic mass is 32.1. The van der Waals surface area contributed by atoms with Gasteiger partial charge in [-0.25, -0.2) is 0 Å². The first-order chi connectivity index (χ1) is 11.4. The number of amides is 1. The van der Waals surface area contributed by atoms with E-state index in [9.17, 15) is 18.0 Å². The van der Waals surface area contributed by atoms with E-state index in [1.54, 1.807) is 0 Å². The van der Waals surface area contributed by atoms with Crippen LogP contribution in [0, 0.1) is 0 Å². The SMILES string of the molecule is O=C(NCc1cccs1)c1nnc(-c2ccc(C(F)(F)F)cc2)s1. The lowest BCUT2D eigenvalue weighted by Gasteiger charge is -2.06. The minimum absolute atomic E-state index is 0.168. The summed E-state index contributed by atoms with van der Waals surface area (Å²) in [5, 5.41) is 12.9. The first-order valence-electron chi connectivity index (χ1n) is 6.75. The second-order valence-electron chi connectivity index (χ2n) is 4.75. The predicted octanol–water partition coefficient (Wildman–Crippen LogP) is 4.22. The molecule has 1 aromatic carbocycles. The molecular weight excluding hydrogens is 359 g/mol. The number of alkyl halides is 3. The summed E-state index contributed by atoms with van der Waals surface area (Å²) >= 11 is 2.56. The number of carbonyl (C=O) groups is 1. The van der Waals surface area contributed by atoms with Crippen LogP contribution in [-0.4, -0.2) is 16.1 Å². The average Bonchev–Trinajstić information content (AvgIpc) is 3.23. The lowest BCUT2D eigenvalue weighted by Crippen LogP contribution is -2.22. The zero-order chi connectivity index (χ0) is 17.2. The summed E-state index contributed by atoms with van der Waals surface area (Å²) in [5.74, 6) is -0.362. The number of carbonyl (C=O) groups excluding carboxylic acids is 1. The number of hydrogen-bond donors (Lipinski definition) is 1. The van der Waals surface area contributed by atoms with Gasteiger partial charge in [0, 0.05) is 10.4 Å². The quantitative estimate of drug-likeness (QED) is 0.749. The van der Waals surface area contributed by atoms with Crippen molar-refractivity contribution >= 4 is 28.6 Å². The van der Waals surface area contributed by atoms with E-state index in [2.05, 4.69) is 15.5 Å². The van der Waals surface area contributed by atoms with Gasteiger partial charge < -0.3 is 5.32 Å². The van der Waals surface area contributed by atoms with Gasteiger partial charge in [-0.05, 0) is 23.6 Å². The fourth-order valence-electron chi connectivity index (χ4n) is 1.89. The van der Waals surface area contributed by atoms with E-state index in [-0.39, 0.29) is 10.9 Å². The van der Waals surface area contributed by atoms with E-state index < -0.39 is 11.7 Å². The number of aromatic nitrogens is 2. The molecule has 0 aliphatic rings. The maximum atomic E-state index is 12.6. The molecule has 9 heteroatoms. The molecule has 4 nitrogen and oxygen atoms in total. The Morgan fingerprint density at radius 2 is 1.88 bits per heavy atom. The van der Waals surface area contributed by atoms with E-state index in [0.717, 1.165) is 28.3 Å². The molecule has 0 saturated carbocycles. The first kappa shape index (κ1) is 16.6. The lowest BCUT2D eigenvalue weighted by molar-refractivity contribution is -0.137. The molecule has 0 saturated heterocycles. The molecule has 0 aliphatic carbocycles. The molecule has 3 aromatic rings. The molecule has 0 radical (unpaired) electrons. The molecule has 0 bridgehead atoms. The Hall–Kier alpha value is -2.26. The minimum atomic E-state index is -4.38. The zero-order valence-electron chi connectivity index (χ0n) is 12.0. The third-order valence-corrected chi connectivity index (χ3v) is 4.93. The summed E-state index contributed by atoms with van der Waals surface area (Å²) in [6.07, 6.45) is -4.38. The molecule has 3 rings (SSSR count). The highest BCUT2D eigenvalue weighted by Crippen LogP contribution is 2.31. The second kappa shape index (κ2) is 6.70. The number of halogens is 3. The van der Waals surface area contributed by atoms with Crippen LogP contribution in [0.5, 0.6) is 0 Å². The van der Waals surface area contributed by atoms with Crippen LogP contribution in [0.25, 0.3) is 10.6 Å². The Morgan fingerprint density at radius 3 is 2.50 bits per heavy atom. The van der Waals surface area contributed by atoms with Gasteiger partial charge in [0.25, 0.3) is 5.91 Å². The molecule has 1 amide bonds. The van der Waals surface area contributed by atoms with Crippen molar-refractivity contribution in [1.82, 2.24) is 15.5 Å². The number of nitrogens with one attached hydrogen (secondary N) is 1. The Bertz CT molecular complexity index is 827. The van der Waals surface area contributed by atoms with Crippen LogP contribution in [0.1, 0.15) is 20.2 Å². The van der Waals surface area contributed by atoms with Crippen LogP contribution < -0.4 is 5.32 Å². The fourth-order valence-corrected chi connectivity index (χ4v) is 3.30. The standard InChI is InChI=1S/C15H10F3N3OS2/c16-15(17,18)10-5-3-9(4-6-10)13-20-21-14(24-13)12(22)19-8-11-2-1-7-23-11/h1-7H,8H2,(H,19,22). The summed E-state index contributed by atoms with van der Waals surface area (Å²) in [4.78, 5) is 13.0. The van der Waals surface area contributed by atoms with Crippen LogP contribution in [-0.2, 0) is 12.7 Å². The Morgan fingerprint density at radius 1 is 1.12 bits per heavy atom. The van der Waals surface area contributed by atoms with E-state index >= 15 is 0 Å². The topological polar surface area (TPSA) is 54.9 Å². The van der Waals surface area contributed by atoms with Gasteiger partial charge in [0.1, 0.15) is 5.01 Å². The third-order valence-electron chi connectivity index (χ3n) is 3.08. The van der Waals surface area contributed by atoms with Gasteiger partial charge in [-0.15, -0.1) is 21.5 Å². The fraction of sp³-hybridized carbons (Fsp3) is 0.133. The van der Waals surface area contributed by atoms with Gasteiger partial charge in [0.05, 0.1) is 12.1 Å². The van der Waals surface area contributed by atoms with Gasteiger partial charge in [-0.2, -0.15) is 13.2 Å². The molecule has 2 aromatic heterocycles. The number of thiophene rings is 1. The average molecular weight is 369 g/mol. The zero-order valence-corrected chi connectivity index (χ0v) is 13.6. The van der Waals surface area contributed by atoms with Crippen LogP contribution in [0.2, 0.25) is 0 Å². The van der Waals surface area contributed by atoms with E-state index in [1.165, 1.54) is 23.5 Å². The molecule has 0 spiro atoms. The molecule has 0 atom stereocenters. The van der Waals surface area contributed by atoms with Crippen LogP contribution in [0.4, 0.5) is 13.2 Å². The summed E-state index contributed by atoms with van der Waals surface area (Å²) < 4.78 is 37.7. The lowest BCUT2D eigenvalue weighted by atomic mass is 10.1. The second-order valence-corrected chi connectivity index (χ2v) is 6.76. The van der Waals surface area contributed by atoms with Crippen molar-refractivity contribution in [2.75, 3.05) is 0 Å². The van der Waals surface area contributed by atoms with E-state index in [1.807, 2.05) is 17.5 Å². The van der Waals surface area contributed by atoms with Crippen LogP contribution in [0.3, 0.4) is 0 Å². The smallest absolute Gasteiger partial charge is 0.345 e. The molecule has 2 heterocycles. The Balaban J connectivity index is 1.69. The van der Waals surface area contributed by atoms with Crippen LogP contribution >= 0.6 is 22.7 Å². The molecule has 124 valence electrons. The summed E-state index contributed by atoms with van der Waals surface area (Å²) in [5.41, 5.74) is -0.248. The predicted molar refractivity (Wildman–Crippen MR) is 85.8 cm³/mol. The van der Waals surface area contributed by atoms with Crippen molar-refractivity contribution in [1.29, 1.82) is 0 Å². The molecular formula is C15H10F3N3OS2. The van der Waals surface area contributed by atoms with E-state index in [4.69, 9.17) is 0 Å². The van der Waals surface area contributed by atoms with Crippen molar-refractivity contribution in [3.63, 3.8) is 0 Å². The maximum absolute atomic E-state index is 12.6. The van der Waals surface area contributed by atoms with Crippen LogP contribution in [0.15, 0.2) is 41.8 Å². The highest BCUT2D eigenvalue weighted by molar-refractivity contribution is 7.16. The van der Waals surface area contributed by atoms with Crippen molar-refractivity contribution in [2.45, 2.75) is 12.7 Å². The number of benzene rings is 1. The van der Waals surface area contributed by atoms with E-state index in [0.29, 0.717) is 17.1 Å². The highest BCUT2D eigenvalue weighted by Gasteiger charge is 2.30. The molecule has 0 unspecified atom stereocenters. The minimum Gasteiger partial charge on any atom is -0.345 e. The number of nitrogens with zero attached hydrogens (tertiary/aromatic N) is 2. The van der Waals surface area contributed by atoms with Crippen molar-refractivity contribution in [3.05, 3.63) is 57.2 Å². The third kappa shape index (κ3) is 3.80. The van der Waals surface area contributed by atoms with Gasteiger partial charge in [0.15, 0.2) is 0 Å². The molecule has 0 aliphatic heterocycles. The summed E-state index contributed by atoms with van der Waals surface area (Å²) in [6.45, 7) is 0.395. The van der Waals surface area contributed by atoms with Crippen molar-refractivity contribution in [2.24, 2.45) is 0 Å². The molecule has 0 fully saturated rings. The summed E-state index contributed by atoms with van der Waals surface area (Å²) in [6, 6.07) is 8.38. The van der Waals surface area contributed by atoms with Gasteiger partial charge in [-0.1, -0.05) is 29.5 Å². The molecule has 1 N–H and O–H groups in total. The Labute approximate surface area is 143 Å². The monoisotopic (exact) mass is 369 g/mol. The van der Waals surface area contributed by atoms with Crippen molar-refractivity contribution < 1.29 is 18.0 Å².